The van der Waals surface area contributed by atoms with Gasteiger partial charge in [0.2, 0.25) is 0 Å². The van der Waals surface area contributed by atoms with Crippen LogP contribution >= 0.6 is 0 Å². The van der Waals surface area contributed by atoms with Crippen LogP contribution in [0.25, 0.3) is 71.3 Å². The van der Waals surface area contributed by atoms with Crippen LogP contribution in [0.3, 0.4) is 0 Å². The molecule has 257 valence electrons. The third-order valence-corrected chi connectivity index (χ3v) is 11.4. The van der Waals surface area contributed by atoms with E-state index < -0.39 is 0 Å². The molecule has 1 N–H and O–H groups in total. The fraction of sp³-hybridized carbons (Fsp3) is 0.184. The Balaban J connectivity index is 1.29. The largest absolute Gasteiger partial charge is 0.456 e. The molecule has 0 aliphatic carbocycles. The summed E-state index contributed by atoms with van der Waals surface area (Å²) in [4.78, 5) is 0. The van der Waals surface area contributed by atoms with E-state index in [1.807, 2.05) is 6.07 Å². The number of fused-ring (bicyclic) bond motifs is 9. The number of hydrogen-bond donors (Lipinski definition) is 1. The van der Waals surface area contributed by atoms with Crippen LogP contribution in [0.5, 0.6) is 0 Å². The number of aromatic nitrogens is 1. The van der Waals surface area contributed by atoms with Gasteiger partial charge in [-0.1, -0.05) is 126 Å². The van der Waals surface area contributed by atoms with Gasteiger partial charge in [0, 0.05) is 49.7 Å². The number of rotatable bonds is 3. The number of nitrogens with one attached hydrogen (secondary N) is 1. The molecule has 9 aromatic rings. The lowest BCUT2D eigenvalue weighted by Gasteiger charge is -2.27. The molecule has 0 saturated heterocycles. The van der Waals surface area contributed by atoms with Gasteiger partial charge in [0.25, 0.3) is 0 Å². The van der Waals surface area contributed by atoms with Gasteiger partial charge in [0.1, 0.15) is 11.2 Å². The number of furan rings is 1. The lowest BCUT2D eigenvalue weighted by molar-refractivity contribution is 0.590. The minimum Gasteiger partial charge on any atom is -0.456 e. The Morgan fingerprint density at radius 2 is 1.34 bits per heavy atom. The van der Waals surface area contributed by atoms with Crippen molar-refractivity contribution < 1.29 is 4.42 Å². The number of aryl methyl sites for hydroxylation is 1. The van der Waals surface area contributed by atoms with E-state index in [1.165, 1.54) is 77.0 Å². The van der Waals surface area contributed by atoms with E-state index in [4.69, 9.17) is 4.42 Å². The molecular weight excluding hydrogens is 643 g/mol. The average molecular weight is 686 g/mol. The Kier molecular flexibility index (Phi) is 6.71. The van der Waals surface area contributed by atoms with Gasteiger partial charge < -0.3 is 14.3 Å². The van der Waals surface area contributed by atoms with Gasteiger partial charge in [-0.2, -0.15) is 0 Å². The standard InChI is InChI=1S/C49H42BN2O/c1-28-24-37(45-33-13-9-8-12-29(33)16-22-39(45)51-32-20-17-30(18-21-32)48(2,3)4)46-47-44(28)36-27-43-35(34-14-10-11-15-42(34)53-43)26-41(36)52(47)40-23-19-31(49(5,6)7)25-38(40)50-46/h8-27,51H,1-7H3. The summed E-state index contributed by atoms with van der Waals surface area (Å²) in [6.07, 6.45) is 0. The number of hydrogen-bond acceptors (Lipinski definition) is 2. The normalized spacial score (nSPS) is 13.0. The van der Waals surface area contributed by atoms with E-state index in [1.54, 1.807) is 0 Å². The highest BCUT2D eigenvalue weighted by atomic mass is 16.3. The Morgan fingerprint density at radius 3 is 2.11 bits per heavy atom. The van der Waals surface area contributed by atoms with E-state index in [9.17, 15) is 0 Å². The molecule has 1 radical (unpaired) electrons. The number of benzene rings is 7. The third kappa shape index (κ3) is 4.88. The molecule has 7 aromatic carbocycles. The molecule has 0 atom stereocenters. The van der Waals surface area contributed by atoms with E-state index in [-0.39, 0.29) is 10.8 Å². The maximum absolute atomic E-state index is 6.47. The predicted octanol–water partition coefficient (Wildman–Crippen LogP) is 12.1. The summed E-state index contributed by atoms with van der Waals surface area (Å²) in [5.41, 5.74) is 16.6. The van der Waals surface area contributed by atoms with Crippen LogP contribution < -0.4 is 16.2 Å². The zero-order valence-corrected chi connectivity index (χ0v) is 31.5. The van der Waals surface area contributed by atoms with Crippen molar-refractivity contribution in [2.75, 3.05) is 5.32 Å². The maximum atomic E-state index is 6.47. The molecule has 10 rings (SSSR count). The minimum atomic E-state index is 0.0183. The summed E-state index contributed by atoms with van der Waals surface area (Å²) in [6.45, 7) is 16.0. The first-order valence-electron chi connectivity index (χ1n) is 18.8. The van der Waals surface area contributed by atoms with Crippen molar-refractivity contribution in [2.24, 2.45) is 0 Å². The average Bonchev–Trinajstić information content (AvgIpc) is 3.67. The van der Waals surface area contributed by atoms with Crippen molar-refractivity contribution in [1.29, 1.82) is 0 Å². The molecule has 3 heterocycles. The first kappa shape index (κ1) is 32.0. The van der Waals surface area contributed by atoms with Crippen molar-refractivity contribution in [2.45, 2.75) is 59.3 Å². The lowest BCUT2D eigenvalue weighted by Crippen LogP contribution is -2.38. The SMILES string of the molecule is Cc1cc(-c2c(Nc3ccc(C(C)(C)C)cc3)ccc3ccccc23)c2c3c1c1cc4oc5ccccc5c4cc1n3-c1ccc(C(C)(C)C)cc1[B]2. The molecule has 1 aliphatic heterocycles. The molecule has 0 spiro atoms. The van der Waals surface area contributed by atoms with Crippen LogP contribution in [0.15, 0.2) is 126 Å². The predicted molar refractivity (Wildman–Crippen MR) is 228 cm³/mol. The van der Waals surface area contributed by atoms with Crippen molar-refractivity contribution in [1.82, 2.24) is 4.57 Å². The van der Waals surface area contributed by atoms with E-state index in [2.05, 4.69) is 181 Å². The zero-order valence-electron chi connectivity index (χ0n) is 31.5. The summed E-state index contributed by atoms with van der Waals surface area (Å²) in [5, 5.41) is 11.1. The highest BCUT2D eigenvalue weighted by Crippen LogP contribution is 2.44. The molecule has 4 heteroatoms. The molecule has 0 unspecified atom stereocenters. The fourth-order valence-corrected chi connectivity index (χ4v) is 8.63. The number of nitrogens with zero attached hydrogens (tertiary/aromatic N) is 1. The zero-order chi connectivity index (χ0) is 36.4. The Morgan fingerprint density at radius 1 is 0.623 bits per heavy atom. The van der Waals surface area contributed by atoms with Crippen LogP contribution in [0.2, 0.25) is 0 Å². The van der Waals surface area contributed by atoms with Crippen LogP contribution in [-0.4, -0.2) is 11.8 Å². The molecular formula is C49H42BN2O. The van der Waals surface area contributed by atoms with Gasteiger partial charge in [0.15, 0.2) is 7.28 Å². The van der Waals surface area contributed by atoms with Gasteiger partial charge >= 0.3 is 0 Å². The molecule has 0 amide bonds. The van der Waals surface area contributed by atoms with Crippen LogP contribution in [0.1, 0.15) is 58.2 Å². The quantitative estimate of drug-likeness (QED) is 0.188. The molecule has 0 bridgehead atoms. The van der Waals surface area contributed by atoms with Gasteiger partial charge in [-0.15, -0.1) is 0 Å². The second-order valence-corrected chi connectivity index (χ2v) is 17.0. The Labute approximate surface area is 311 Å². The van der Waals surface area contributed by atoms with Crippen molar-refractivity contribution in [3.8, 4) is 16.8 Å². The van der Waals surface area contributed by atoms with Gasteiger partial charge in [-0.3, -0.25) is 0 Å². The van der Waals surface area contributed by atoms with Crippen LogP contribution in [-0.2, 0) is 10.8 Å². The minimum absolute atomic E-state index is 0.0183. The van der Waals surface area contributed by atoms with Gasteiger partial charge in [-0.05, 0) is 98.7 Å². The summed E-state index contributed by atoms with van der Waals surface area (Å²) in [6, 6.07) is 44.7. The third-order valence-electron chi connectivity index (χ3n) is 11.4. The summed E-state index contributed by atoms with van der Waals surface area (Å²) >= 11 is 0. The van der Waals surface area contributed by atoms with Crippen molar-refractivity contribution >= 4 is 84.1 Å². The highest BCUT2D eigenvalue weighted by molar-refractivity contribution is 6.73. The second-order valence-electron chi connectivity index (χ2n) is 17.0. The fourth-order valence-electron chi connectivity index (χ4n) is 8.63. The number of para-hydroxylation sites is 1. The molecule has 0 fully saturated rings. The van der Waals surface area contributed by atoms with Crippen molar-refractivity contribution in [3.05, 3.63) is 138 Å². The molecule has 2 aromatic heterocycles. The first-order valence-corrected chi connectivity index (χ1v) is 18.8. The van der Waals surface area contributed by atoms with Gasteiger partial charge in [0.05, 0.1) is 5.52 Å². The first-order chi connectivity index (χ1) is 25.4. The molecule has 3 nitrogen and oxygen atoms in total. The topological polar surface area (TPSA) is 30.1 Å². The van der Waals surface area contributed by atoms with E-state index in [0.29, 0.717) is 0 Å². The van der Waals surface area contributed by atoms with Gasteiger partial charge in [-0.25, -0.2) is 0 Å². The molecule has 53 heavy (non-hydrogen) atoms. The summed E-state index contributed by atoms with van der Waals surface area (Å²) < 4.78 is 9.01. The highest BCUT2D eigenvalue weighted by Gasteiger charge is 2.30. The van der Waals surface area contributed by atoms with E-state index in [0.717, 1.165) is 33.3 Å². The smallest absolute Gasteiger partial charge is 0.197 e. The molecule has 0 saturated carbocycles. The summed E-state index contributed by atoms with van der Waals surface area (Å²) in [5.74, 6) is 0. The Bertz CT molecular complexity index is 2970. The van der Waals surface area contributed by atoms with Crippen molar-refractivity contribution in [3.63, 3.8) is 0 Å². The van der Waals surface area contributed by atoms with Crippen LogP contribution in [0.4, 0.5) is 11.4 Å². The monoisotopic (exact) mass is 685 g/mol. The maximum Gasteiger partial charge on any atom is 0.197 e. The van der Waals surface area contributed by atoms with Crippen LogP contribution in [0, 0.1) is 6.92 Å². The number of anilines is 2. The van der Waals surface area contributed by atoms with E-state index >= 15 is 0 Å². The lowest BCUT2D eigenvalue weighted by atomic mass is 9.58. The molecule has 1 aliphatic rings. The second kappa shape index (κ2) is 11.1. The summed E-state index contributed by atoms with van der Waals surface area (Å²) in [7, 11) is 2.45. The Hall–Kier alpha value is -5.74.